The lowest BCUT2D eigenvalue weighted by atomic mass is 9.81. The minimum atomic E-state index is 0.650. The number of nitrogens with two attached hydrogens (primary N) is 1. The summed E-state index contributed by atoms with van der Waals surface area (Å²) in [7, 11) is 0. The largest absolute Gasteiger partial charge is 0.398 e. The standard InChI is InChI=1S/C16H18BrN/c17-14-8-4-7-13-12(14)9-10-15(18)16(13)11-5-2-1-3-6-11/h4,7-11H,1-3,5-6,18H2. The lowest BCUT2D eigenvalue weighted by molar-refractivity contribution is 0.446. The van der Waals surface area contributed by atoms with Crippen LogP contribution in [0.1, 0.15) is 43.6 Å². The normalized spacial score (nSPS) is 17.2. The fraction of sp³-hybridized carbons (Fsp3) is 0.375. The molecule has 0 bridgehead atoms. The van der Waals surface area contributed by atoms with Crippen molar-refractivity contribution in [3.63, 3.8) is 0 Å². The van der Waals surface area contributed by atoms with Crippen molar-refractivity contribution < 1.29 is 0 Å². The van der Waals surface area contributed by atoms with Gasteiger partial charge in [0.2, 0.25) is 0 Å². The van der Waals surface area contributed by atoms with E-state index in [1.165, 1.54) is 48.4 Å². The van der Waals surface area contributed by atoms with Crippen LogP contribution >= 0.6 is 15.9 Å². The van der Waals surface area contributed by atoms with Crippen LogP contribution in [0.2, 0.25) is 0 Å². The summed E-state index contributed by atoms with van der Waals surface area (Å²) < 4.78 is 1.16. The van der Waals surface area contributed by atoms with E-state index in [-0.39, 0.29) is 0 Å². The van der Waals surface area contributed by atoms with Crippen LogP contribution in [0, 0.1) is 0 Å². The quantitative estimate of drug-likeness (QED) is 0.717. The molecule has 2 heteroatoms. The number of anilines is 1. The fourth-order valence-corrected chi connectivity index (χ4v) is 3.70. The summed E-state index contributed by atoms with van der Waals surface area (Å²) in [6.07, 6.45) is 6.64. The minimum absolute atomic E-state index is 0.650. The maximum absolute atomic E-state index is 6.25. The highest BCUT2D eigenvalue weighted by atomic mass is 79.9. The Hall–Kier alpha value is -1.02. The SMILES string of the molecule is Nc1ccc2c(Br)cccc2c1C1CCCCC1. The molecule has 1 nitrogen and oxygen atoms in total. The van der Waals surface area contributed by atoms with Gasteiger partial charge in [-0.3, -0.25) is 0 Å². The number of hydrogen-bond donors (Lipinski definition) is 1. The van der Waals surface area contributed by atoms with Gasteiger partial charge in [0.15, 0.2) is 0 Å². The van der Waals surface area contributed by atoms with Gasteiger partial charge in [-0.05, 0) is 47.2 Å². The van der Waals surface area contributed by atoms with Crippen molar-refractivity contribution >= 4 is 32.4 Å². The van der Waals surface area contributed by atoms with Gasteiger partial charge in [-0.2, -0.15) is 0 Å². The second-order valence-corrected chi connectivity index (χ2v) is 6.09. The lowest BCUT2D eigenvalue weighted by Crippen LogP contribution is -2.08. The molecule has 0 atom stereocenters. The Morgan fingerprint density at radius 3 is 2.50 bits per heavy atom. The first-order valence-electron chi connectivity index (χ1n) is 6.74. The summed E-state index contributed by atoms with van der Waals surface area (Å²) in [5.74, 6) is 0.650. The van der Waals surface area contributed by atoms with E-state index >= 15 is 0 Å². The topological polar surface area (TPSA) is 26.0 Å². The molecule has 2 aromatic carbocycles. The molecule has 3 rings (SSSR count). The average Bonchev–Trinajstić information content (AvgIpc) is 2.40. The van der Waals surface area contributed by atoms with E-state index in [9.17, 15) is 0 Å². The Kier molecular flexibility index (Phi) is 3.29. The zero-order valence-electron chi connectivity index (χ0n) is 10.5. The molecule has 2 N–H and O–H groups in total. The molecule has 0 unspecified atom stereocenters. The molecule has 0 aliphatic heterocycles. The van der Waals surface area contributed by atoms with Gasteiger partial charge in [-0.15, -0.1) is 0 Å². The molecule has 0 saturated heterocycles. The van der Waals surface area contributed by atoms with E-state index in [0.717, 1.165) is 10.2 Å². The molecular weight excluding hydrogens is 286 g/mol. The fourth-order valence-electron chi connectivity index (χ4n) is 3.21. The zero-order valence-corrected chi connectivity index (χ0v) is 12.0. The Morgan fingerprint density at radius 1 is 0.944 bits per heavy atom. The van der Waals surface area contributed by atoms with Crippen LogP contribution in [0.15, 0.2) is 34.8 Å². The van der Waals surface area contributed by atoms with E-state index in [1.54, 1.807) is 0 Å². The Morgan fingerprint density at radius 2 is 1.72 bits per heavy atom. The molecule has 18 heavy (non-hydrogen) atoms. The van der Waals surface area contributed by atoms with E-state index < -0.39 is 0 Å². The van der Waals surface area contributed by atoms with Crippen LogP contribution in [-0.2, 0) is 0 Å². The summed E-state index contributed by atoms with van der Waals surface area (Å²) in [4.78, 5) is 0. The van der Waals surface area contributed by atoms with Crippen LogP contribution < -0.4 is 5.73 Å². The minimum Gasteiger partial charge on any atom is -0.398 e. The van der Waals surface area contributed by atoms with E-state index in [2.05, 4.69) is 46.3 Å². The van der Waals surface area contributed by atoms with Crippen molar-refractivity contribution in [2.75, 3.05) is 5.73 Å². The summed E-state index contributed by atoms with van der Waals surface area (Å²) in [6, 6.07) is 10.6. The molecule has 0 spiro atoms. The molecule has 94 valence electrons. The average molecular weight is 304 g/mol. The molecule has 0 amide bonds. The maximum atomic E-state index is 6.25. The summed E-state index contributed by atoms with van der Waals surface area (Å²) in [6.45, 7) is 0. The number of nitrogen functional groups attached to an aromatic ring is 1. The molecule has 0 radical (unpaired) electrons. The van der Waals surface area contributed by atoms with Gasteiger partial charge in [-0.25, -0.2) is 0 Å². The monoisotopic (exact) mass is 303 g/mol. The molecule has 0 aromatic heterocycles. The van der Waals surface area contributed by atoms with Crippen molar-refractivity contribution in [1.29, 1.82) is 0 Å². The third kappa shape index (κ3) is 2.03. The molecule has 1 aliphatic carbocycles. The van der Waals surface area contributed by atoms with Gasteiger partial charge >= 0.3 is 0 Å². The van der Waals surface area contributed by atoms with E-state index in [4.69, 9.17) is 5.73 Å². The number of benzene rings is 2. The van der Waals surface area contributed by atoms with Crippen LogP contribution in [0.25, 0.3) is 10.8 Å². The van der Waals surface area contributed by atoms with Gasteiger partial charge in [0.05, 0.1) is 0 Å². The Balaban J connectivity index is 2.19. The van der Waals surface area contributed by atoms with Crippen LogP contribution in [-0.4, -0.2) is 0 Å². The summed E-state index contributed by atoms with van der Waals surface area (Å²) >= 11 is 3.64. The molecule has 0 heterocycles. The first kappa shape index (κ1) is 12.0. The predicted molar refractivity (Wildman–Crippen MR) is 81.9 cm³/mol. The van der Waals surface area contributed by atoms with Gasteiger partial charge in [0.1, 0.15) is 0 Å². The predicted octanol–water partition coefficient (Wildman–Crippen LogP) is 5.23. The molecule has 2 aromatic rings. The van der Waals surface area contributed by atoms with Gasteiger partial charge in [0.25, 0.3) is 0 Å². The van der Waals surface area contributed by atoms with Crippen molar-refractivity contribution in [3.8, 4) is 0 Å². The molecular formula is C16H18BrN. The van der Waals surface area contributed by atoms with Crippen LogP contribution in [0.5, 0.6) is 0 Å². The smallest absolute Gasteiger partial charge is 0.0355 e. The van der Waals surface area contributed by atoms with Gasteiger partial charge in [0, 0.05) is 10.2 Å². The number of hydrogen-bond acceptors (Lipinski definition) is 1. The van der Waals surface area contributed by atoms with Crippen LogP contribution in [0.4, 0.5) is 5.69 Å². The van der Waals surface area contributed by atoms with Crippen molar-refractivity contribution in [1.82, 2.24) is 0 Å². The summed E-state index contributed by atoms with van der Waals surface area (Å²) in [5, 5.41) is 2.61. The maximum Gasteiger partial charge on any atom is 0.0355 e. The first-order chi connectivity index (χ1) is 8.77. The summed E-state index contributed by atoms with van der Waals surface area (Å²) in [5.41, 5.74) is 8.60. The number of fused-ring (bicyclic) bond motifs is 1. The van der Waals surface area contributed by atoms with Gasteiger partial charge < -0.3 is 5.73 Å². The molecule has 1 fully saturated rings. The molecule has 1 saturated carbocycles. The van der Waals surface area contributed by atoms with Crippen LogP contribution in [0.3, 0.4) is 0 Å². The Bertz CT molecular complexity index is 571. The molecule has 1 aliphatic rings. The van der Waals surface area contributed by atoms with Crippen molar-refractivity contribution in [2.24, 2.45) is 0 Å². The van der Waals surface area contributed by atoms with Gasteiger partial charge in [-0.1, -0.05) is 53.4 Å². The highest BCUT2D eigenvalue weighted by molar-refractivity contribution is 9.10. The highest BCUT2D eigenvalue weighted by Gasteiger charge is 2.20. The third-order valence-electron chi connectivity index (χ3n) is 4.10. The highest BCUT2D eigenvalue weighted by Crippen LogP contribution is 2.40. The number of rotatable bonds is 1. The lowest BCUT2D eigenvalue weighted by Gasteiger charge is -2.25. The van der Waals surface area contributed by atoms with E-state index in [0.29, 0.717) is 5.92 Å². The Labute approximate surface area is 117 Å². The zero-order chi connectivity index (χ0) is 12.5. The van der Waals surface area contributed by atoms with E-state index in [1.807, 2.05) is 0 Å². The van der Waals surface area contributed by atoms with Crippen molar-refractivity contribution in [2.45, 2.75) is 38.0 Å². The number of halogens is 1. The van der Waals surface area contributed by atoms with Crippen molar-refractivity contribution in [3.05, 3.63) is 40.4 Å². The first-order valence-corrected chi connectivity index (χ1v) is 7.53. The third-order valence-corrected chi connectivity index (χ3v) is 4.79. The second kappa shape index (κ2) is 4.93. The second-order valence-electron chi connectivity index (χ2n) is 5.24.